The summed E-state index contributed by atoms with van der Waals surface area (Å²) in [6, 6.07) is 30.6. The Bertz CT molecular complexity index is 2210. The molecule has 5 atom stereocenters. The lowest BCUT2D eigenvalue weighted by molar-refractivity contribution is -0.331. The Morgan fingerprint density at radius 1 is 0.358 bits per heavy atom. The van der Waals surface area contributed by atoms with Gasteiger partial charge in [0.25, 0.3) is 0 Å². The fourth-order valence-corrected chi connectivity index (χ4v) is 11.1. The highest BCUT2D eigenvalue weighted by Gasteiger charge is 2.49. The number of benzene rings is 3. The second-order valence-electron chi connectivity index (χ2n) is 23.2. The molecule has 12 heteroatoms. The molecule has 450 valence electrons. The van der Waals surface area contributed by atoms with Gasteiger partial charge < -0.3 is 28.4 Å². The number of hydrogen-bond donors (Lipinski definition) is 0. The van der Waals surface area contributed by atoms with E-state index in [0.29, 0.717) is 19.8 Å². The van der Waals surface area contributed by atoms with E-state index in [4.69, 9.17) is 28.4 Å². The van der Waals surface area contributed by atoms with Crippen LogP contribution in [0.4, 0.5) is 0 Å². The van der Waals surface area contributed by atoms with Crippen LogP contribution in [0.25, 0.3) is 0 Å². The Morgan fingerprint density at radius 2 is 0.691 bits per heavy atom. The van der Waals surface area contributed by atoms with Crippen LogP contribution in [0.1, 0.15) is 247 Å². The molecule has 0 amide bonds. The zero-order chi connectivity index (χ0) is 56.3. The van der Waals surface area contributed by atoms with E-state index in [1.807, 2.05) is 76.4 Å². The Labute approximate surface area is 490 Å². The fraction of sp³-hybridized carbons (Fsp3) is 0.681. The highest BCUT2D eigenvalue weighted by atomic mass is 16.7. The first kappa shape index (κ1) is 65.8. The van der Waals surface area contributed by atoms with Crippen LogP contribution in [0.15, 0.2) is 103 Å². The van der Waals surface area contributed by atoms with E-state index in [1.54, 1.807) is 0 Å². The molecule has 81 heavy (non-hydrogen) atoms. The lowest BCUT2D eigenvalue weighted by Gasteiger charge is -2.45. The summed E-state index contributed by atoms with van der Waals surface area (Å²) in [5, 5.41) is 18.0. The Kier molecular flexibility index (Phi) is 35.3. The predicted octanol–water partition coefficient (Wildman–Crippen LogP) is 17.6. The molecule has 0 unspecified atom stereocenters. The van der Waals surface area contributed by atoms with Crippen molar-refractivity contribution in [2.24, 2.45) is 0 Å². The smallest absolute Gasteiger partial charge is 0.187 e. The number of rotatable bonds is 50. The molecule has 1 aliphatic rings. The largest absolute Gasteiger partial charge is 0.372 e. The monoisotopic (exact) mass is 1120 g/mol. The second kappa shape index (κ2) is 43.4. The molecule has 0 bridgehead atoms. The van der Waals surface area contributed by atoms with Crippen molar-refractivity contribution in [3.05, 3.63) is 131 Å². The SMILES string of the molecule is CCCCCCCCCCCCCCCCCCn1cc(COC[C@H]2O[C@H](OCc3cn(CCCCCCCCCCCCCCCCCC)nn3)[C@H](OCc3ccccc3)[C@@H](OCc3ccccc3)[C@@H]2OCc2ccccc2)nn1. The first-order chi connectivity index (χ1) is 40.2. The van der Waals surface area contributed by atoms with Gasteiger partial charge in [-0.15, -0.1) is 10.2 Å². The molecular weight excluding hydrogens is 1010 g/mol. The molecular formula is C69H108N6O6. The summed E-state index contributed by atoms with van der Waals surface area (Å²) in [5.74, 6) is 0. The third-order valence-electron chi connectivity index (χ3n) is 16.0. The molecule has 1 saturated heterocycles. The van der Waals surface area contributed by atoms with Gasteiger partial charge in [-0.1, -0.05) is 308 Å². The van der Waals surface area contributed by atoms with Gasteiger partial charge in [0.2, 0.25) is 0 Å². The molecule has 2 aromatic heterocycles. The number of aryl methyl sites for hydroxylation is 2. The summed E-state index contributed by atoms with van der Waals surface area (Å²) in [6.45, 7) is 7.96. The molecule has 5 aromatic rings. The Morgan fingerprint density at radius 3 is 1.07 bits per heavy atom. The van der Waals surface area contributed by atoms with Crippen LogP contribution in [0.2, 0.25) is 0 Å². The van der Waals surface area contributed by atoms with Crippen LogP contribution < -0.4 is 0 Å². The van der Waals surface area contributed by atoms with Crippen LogP contribution in [0.5, 0.6) is 0 Å². The van der Waals surface area contributed by atoms with Crippen molar-refractivity contribution in [3.63, 3.8) is 0 Å². The first-order valence-electron chi connectivity index (χ1n) is 32.8. The number of unbranched alkanes of at least 4 members (excludes halogenated alkanes) is 30. The van der Waals surface area contributed by atoms with Crippen molar-refractivity contribution in [1.82, 2.24) is 30.0 Å². The van der Waals surface area contributed by atoms with Gasteiger partial charge in [0.15, 0.2) is 6.29 Å². The summed E-state index contributed by atoms with van der Waals surface area (Å²) < 4.78 is 44.8. The summed E-state index contributed by atoms with van der Waals surface area (Å²) in [4.78, 5) is 0. The molecule has 0 radical (unpaired) electrons. The van der Waals surface area contributed by atoms with Gasteiger partial charge in [0, 0.05) is 13.1 Å². The topological polar surface area (TPSA) is 117 Å². The third-order valence-corrected chi connectivity index (χ3v) is 16.0. The van der Waals surface area contributed by atoms with Gasteiger partial charge in [-0.05, 0) is 29.5 Å². The van der Waals surface area contributed by atoms with Crippen molar-refractivity contribution in [1.29, 1.82) is 0 Å². The van der Waals surface area contributed by atoms with E-state index >= 15 is 0 Å². The number of hydrogen-bond acceptors (Lipinski definition) is 10. The average Bonchev–Trinajstić information content (AvgIpc) is 4.21. The van der Waals surface area contributed by atoms with Gasteiger partial charge >= 0.3 is 0 Å². The second-order valence-corrected chi connectivity index (χ2v) is 23.2. The van der Waals surface area contributed by atoms with Gasteiger partial charge in [0.1, 0.15) is 35.8 Å². The maximum atomic E-state index is 6.97. The van der Waals surface area contributed by atoms with E-state index in [-0.39, 0.29) is 19.8 Å². The lowest BCUT2D eigenvalue weighted by atomic mass is 9.97. The van der Waals surface area contributed by atoms with Gasteiger partial charge in [0.05, 0.1) is 52.0 Å². The quantitative estimate of drug-likeness (QED) is 0.0349. The Balaban J connectivity index is 0.999. The van der Waals surface area contributed by atoms with Crippen LogP contribution in [0.3, 0.4) is 0 Å². The third kappa shape index (κ3) is 28.7. The van der Waals surface area contributed by atoms with Crippen LogP contribution in [-0.4, -0.2) is 67.3 Å². The minimum Gasteiger partial charge on any atom is -0.372 e. The van der Waals surface area contributed by atoms with Crippen molar-refractivity contribution in [2.75, 3.05) is 6.61 Å². The van der Waals surface area contributed by atoms with Crippen molar-refractivity contribution >= 4 is 0 Å². The molecule has 1 fully saturated rings. The molecule has 0 N–H and O–H groups in total. The number of aromatic nitrogens is 6. The van der Waals surface area contributed by atoms with Crippen LogP contribution in [0, 0.1) is 0 Å². The van der Waals surface area contributed by atoms with E-state index in [0.717, 1.165) is 54.0 Å². The maximum absolute atomic E-state index is 6.97. The highest BCUT2D eigenvalue weighted by molar-refractivity contribution is 5.16. The standard InChI is InChI=1S/C69H108N6O6/c1-3-5-7-9-11-13-15-17-19-21-23-25-27-29-31-42-50-74-52-63(70-72-74)57-76-59-65-66(77-54-60-44-36-33-37-45-60)67(78-55-61-46-38-34-39-47-61)68(79-56-62-48-40-35-41-49-62)69(81-65)80-58-64-53-75(73-71-64)51-43-32-30-28-26-24-22-20-18-16-14-12-10-8-6-4-2/h33-41,44-49,52-53,65-69H,3-32,42-43,50-51,54-59H2,1-2H3/t65-,66-,67+,68-,69+/m1/s1. The van der Waals surface area contributed by atoms with Gasteiger partial charge in [-0.25, -0.2) is 0 Å². The number of nitrogens with zero attached hydrogens (tertiary/aromatic N) is 6. The molecule has 1 aliphatic heterocycles. The molecule has 3 aromatic carbocycles. The summed E-state index contributed by atoms with van der Waals surface area (Å²) in [5.41, 5.74) is 4.63. The normalized spacial score (nSPS) is 17.3. The summed E-state index contributed by atoms with van der Waals surface area (Å²) in [7, 11) is 0. The van der Waals surface area contributed by atoms with E-state index in [2.05, 4.69) is 70.9 Å². The van der Waals surface area contributed by atoms with E-state index < -0.39 is 30.7 Å². The molecule has 0 aliphatic carbocycles. The van der Waals surface area contributed by atoms with Crippen molar-refractivity contribution in [3.8, 4) is 0 Å². The zero-order valence-electron chi connectivity index (χ0n) is 50.6. The van der Waals surface area contributed by atoms with Gasteiger partial charge in [-0.3, -0.25) is 9.36 Å². The molecule has 0 spiro atoms. The average molecular weight is 1120 g/mol. The minimum absolute atomic E-state index is 0.186. The Hall–Kier alpha value is -4.30. The summed E-state index contributed by atoms with van der Waals surface area (Å²) in [6.07, 6.45) is 44.0. The predicted molar refractivity (Wildman–Crippen MR) is 327 cm³/mol. The van der Waals surface area contributed by atoms with E-state index in [9.17, 15) is 0 Å². The van der Waals surface area contributed by atoms with E-state index in [1.165, 1.54) is 193 Å². The molecule has 6 rings (SSSR count). The van der Waals surface area contributed by atoms with Gasteiger partial charge in [-0.2, -0.15) is 0 Å². The van der Waals surface area contributed by atoms with Crippen molar-refractivity contribution in [2.45, 2.75) is 296 Å². The van der Waals surface area contributed by atoms with Crippen molar-refractivity contribution < 1.29 is 28.4 Å². The van der Waals surface area contributed by atoms with Crippen LogP contribution >= 0.6 is 0 Å². The summed E-state index contributed by atoms with van der Waals surface area (Å²) >= 11 is 0. The first-order valence-corrected chi connectivity index (χ1v) is 32.8. The molecule has 0 saturated carbocycles. The highest BCUT2D eigenvalue weighted by Crippen LogP contribution is 2.32. The zero-order valence-corrected chi connectivity index (χ0v) is 50.6. The van der Waals surface area contributed by atoms with Crippen LogP contribution in [-0.2, 0) is 74.5 Å². The minimum atomic E-state index is -0.842. The molecule has 3 heterocycles. The molecule has 12 nitrogen and oxygen atoms in total. The number of ether oxygens (including phenoxy) is 6. The maximum Gasteiger partial charge on any atom is 0.187 e. The fourth-order valence-electron chi connectivity index (χ4n) is 11.1. The lowest BCUT2D eigenvalue weighted by Crippen LogP contribution is -2.61.